The van der Waals surface area contributed by atoms with Crippen LogP contribution in [-0.2, 0) is 9.47 Å². The molecule has 1 aromatic carbocycles. The maximum atomic E-state index is 6.59. The minimum absolute atomic E-state index is 0.415. The SMILES string of the molecule is Clc1cnc(NC2CCC(NC[C@H]3CCCO3)CC2)cc1-c1cccc(NCC2CCOCC2)c1. The summed E-state index contributed by atoms with van der Waals surface area (Å²) in [6.07, 6.45) is 11.5. The van der Waals surface area contributed by atoms with Gasteiger partial charge in [0.05, 0.1) is 11.1 Å². The first-order valence-electron chi connectivity index (χ1n) is 13.4. The number of aromatic nitrogens is 1. The fourth-order valence-electron chi connectivity index (χ4n) is 5.50. The molecule has 2 aromatic rings. The molecule has 3 heterocycles. The third-order valence-corrected chi connectivity index (χ3v) is 8.00. The Hall–Kier alpha value is -1.86. The molecule has 2 saturated heterocycles. The predicted octanol–water partition coefficient (Wildman–Crippen LogP) is 5.73. The van der Waals surface area contributed by atoms with Crippen LogP contribution >= 0.6 is 11.6 Å². The molecule has 35 heavy (non-hydrogen) atoms. The van der Waals surface area contributed by atoms with Gasteiger partial charge in [0.15, 0.2) is 0 Å². The lowest BCUT2D eigenvalue weighted by molar-refractivity contribution is 0.0699. The monoisotopic (exact) mass is 498 g/mol. The second-order valence-electron chi connectivity index (χ2n) is 10.3. The minimum Gasteiger partial charge on any atom is -0.385 e. The first-order chi connectivity index (χ1) is 17.2. The number of nitrogens with zero attached hydrogens (tertiary/aromatic N) is 1. The second-order valence-corrected chi connectivity index (χ2v) is 10.7. The molecule has 3 N–H and O–H groups in total. The topological polar surface area (TPSA) is 67.4 Å². The van der Waals surface area contributed by atoms with Gasteiger partial charge in [0, 0.05) is 62.4 Å². The highest BCUT2D eigenvalue weighted by Crippen LogP contribution is 2.32. The maximum Gasteiger partial charge on any atom is 0.126 e. The molecule has 1 aromatic heterocycles. The molecule has 5 rings (SSSR count). The van der Waals surface area contributed by atoms with Crippen LogP contribution in [0.4, 0.5) is 11.5 Å². The average molecular weight is 499 g/mol. The molecule has 7 heteroatoms. The van der Waals surface area contributed by atoms with Gasteiger partial charge in [0.1, 0.15) is 5.82 Å². The van der Waals surface area contributed by atoms with Crippen LogP contribution < -0.4 is 16.0 Å². The summed E-state index contributed by atoms with van der Waals surface area (Å²) >= 11 is 6.59. The predicted molar refractivity (Wildman–Crippen MR) is 143 cm³/mol. The molecule has 0 radical (unpaired) electrons. The van der Waals surface area contributed by atoms with Gasteiger partial charge >= 0.3 is 0 Å². The summed E-state index contributed by atoms with van der Waals surface area (Å²) in [6, 6.07) is 11.7. The van der Waals surface area contributed by atoms with Gasteiger partial charge in [0.25, 0.3) is 0 Å². The molecule has 1 aliphatic carbocycles. The molecular weight excluding hydrogens is 460 g/mol. The van der Waals surface area contributed by atoms with E-state index in [9.17, 15) is 0 Å². The van der Waals surface area contributed by atoms with E-state index in [0.29, 0.717) is 29.1 Å². The number of benzene rings is 1. The summed E-state index contributed by atoms with van der Waals surface area (Å²) in [6.45, 7) is 4.66. The highest BCUT2D eigenvalue weighted by atomic mass is 35.5. The van der Waals surface area contributed by atoms with Crippen LogP contribution in [0.3, 0.4) is 0 Å². The zero-order valence-electron chi connectivity index (χ0n) is 20.6. The normalized spacial score (nSPS) is 25.5. The number of hydrogen-bond acceptors (Lipinski definition) is 6. The number of ether oxygens (including phenoxy) is 2. The average Bonchev–Trinajstić information content (AvgIpc) is 3.43. The lowest BCUT2D eigenvalue weighted by Crippen LogP contribution is -2.40. The van der Waals surface area contributed by atoms with Crippen molar-refractivity contribution in [3.05, 3.63) is 41.6 Å². The van der Waals surface area contributed by atoms with Crippen molar-refractivity contribution in [1.82, 2.24) is 10.3 Å². The molecule has 1 atom stereocenters. The number of nitrogens with one attached hydrogen (secondary N) is 3. The lowest BCUT2D eigenvalue weighted by Gasteiger charge is -2.30. The number of anilines is 2. The first kappa shape index (κ1) is 24.8. The Balaban J connectivity index is 1.15. The Labute approximate surface area is 214 Å². The number of pyridine rings is 1. The van der Waals surface area contributed by atoms with E-state index < -0.39 is 0 Å². The van der Waals surface area contributed by atoms with Crippen LogP contribution in [0, 0.1) is 5.92 Å². The zero-order chi connectivity index (χ0) is 23.9. The van der Waals surface area contributed by atoms with Gasteiger partial charge in [-0.1, -0.05) is 23.7 Å². The van der Waals surface area contributed by atoms with Crippen LogP contribution in [0.25, 0.3) is 11.1 Å². The summed E-state index contributed by atoms with van der Waals surface area (Å²) in [5, 5.41) is 11.7. The van der Waals surface area contributed by atoms with Crippen LogP contribution in [0.2, 0.25) is 5.02 Å². The van der Waals surface area contributed by atoms with Crippen molar-refractivity contribution in [2.75, 3.05) is 43.5 Å². The smallest absolute Gasteiger partial charge is 0.126 e. The molecule has 6 nitrogen and oxygen atoms in total. The molecule has 3 fully saturated rings. The Morgan fingerprint density at radius 2 is 1.74 bits per heavy atom. The van der Waals surface area contributed by atoms with Crippen LogP contribution in [0.5, 0.6) is 0 Å². The Morgan fingerprint density at radius 1 is 0.914 bits per heavy atom. The summed E-state index contributed by atoms with van der Waals surface area (Å²) in [5.74, 6) is 1.58. The van der Waals surface area contributed by atoms with Crippen molar-refractivity contribution >= 4 is 23.1 Å². The Morgan fingerprint density at radius 3 is 2.54 bits per heavy atom. The summed E-state index contributed by atoms with van der Waals surface area (Å²) in [7, 11) is 0. The molecule has 0 amide bonds. The van der Waals surface area contributed by atoms with Gasteiger partial charge in [-0.3, -0.25) is 0 Å². The summed E-state index contributed by atoms with van der Waals surface area (Å²) in [5.41, 5.74) is 3.26. The van der Waals surface area contributed by atoms with E-state index in [1.54, 1.807) is 6.20 Å². The van der Waals surface area contributed by atoms with E-state index >= 15 is 0 Å². The molecular formula is C28H39ClN4O2. The van der Waals surface area contributed by atoms with Gasteiger partial charge in [-0.15, -0.1) is 0 Å². The Kier molecular flexibility index (Phi) is 8.79. The van der Waals surface area contributed by atoms with Gasteiger partial charge in [-0.25, -0.2) is 4.98 Å². The number of rotatable bonds is 9. The molecule has 2 aliphatic heterocycles. The van der Waals surface area contributed by atoms with E-state index in [1.165, 1.54) is 25.7 Å². The van der Waals surface area contributed by atoms with Gasteiger partial charge in [-0.2, -0.15) is 0 Å². The van der Waals surface area contributed by atoms with Gasteiger partial charge in [0.2, 0.25) is 0 Å². The van der Waals surface area contributed by atoms with E-state index in [4.69, 9.17) is 21.1 Å². The number of hydrogen-bond donors (Lipinski definition) is 3. The highest BCUT2D eigenvalue weighted by molar-refractivity contribution is 6.33. The van der Waals surface area contributed by atoms with Crippen molar-refractivity contribution < 1.29 is 9.47 Å². The maximum absolute atomic E-state index is 6.59. The quantitative estimate of drug-likeness (QED) is 0.410. The number of halogens is 1. The standard InChI is InChI=1S/C28H39ClN4O2/c29-27-19-32-28(33-23-8-6-22(7-9-23)31-18-25-5-2-12-35-25)16-26(27)21-3-1-4-24(15-21)30-17-20-10-13-34-14-11-20/h1,3-4,15-16,19-20,22-23,25,30-31H,2,5-14,17-18H2,(H,32,33)/t22?,23?,25-/m1/s1. The molecule has 0 spiro atoms. The van der Waals surface area contributed by atoms with E-state index in [-0.39, 0.29) is 0 Å². The first-order valence-corrected chi connectivity index (χ1v) is 13.8. The van der Waals surface area contributed by atoms with Crippen LogP contribution in [0.1, 0.15) is 51.4 Å². The minimum atomic E-state index is 0.415. The van der Waals surface area contributed by atoms with Crippen molar-refractivity contribution in [2.24, 2.45) is 5.92 Å². The van der Waals surface area contributed by atoms with Gasteiger partial charge < -0.3 is 25.4 Å². The Bertz CT molecular complexity index is 938. The largest absolute Gasteiger partial charge is 0.385 e. The molecule has 0 bridgehead atoms. The van der Waals surface area contributed by atoms with E-state index in [2.05, 4.69) is 51.3 Å². The summed E-state index contributed by atoms with van der Waals surface area (Å²) in [4.78, 5) is 4.58. The third-order valence-electron chi connectivity index (χ3n) is 7.70. The van der Waals surface area contributed by atoms with Gasteiger partial charge in [-0.05, 0) is 81.0 Å². The van der Waals surface area contributed by atoms with Crippen molar-refractivity contribution in [3.63, 3.8) is 0 Å². The fourth-order valence-corrected chi connectivity index (χ4v) is 5.72. The van der Waals surface area contributed by atoms with E-state index in [0.717, 1.165) is 81.2 Å². The lowest BCUT2D eigenvalue weighted by atomic mass is 9.91. The third kappa shape index (κ3) is 7.10. The summed E-state index contributed by atoms with van der Waals surface area (Å²) < 4.78 is 11.2. The molecule has 3 aliphatic rings. The van der Waals surface area contributed by atoms with E-state index in [1.807, 2.05) is 0 Å². The van der Waals surface area contributed by atoms with Crippen molar-refractivity contribution in [2.45, 2.75) is 69.6 Å². The molecule has 1 saturated carbocycles. The zero-order valence-corrected chi connectivity index (χ0v) is 21.4. The fraction of sp³-hybridized carbons (Fsp3) is 0.607. The second kappa shape index (κ2) is 12.4. The van der Waals surface area contributed by atoms with Crippen LogP contribution in [0.15, 0.2) is 36.5 Å². The molecule has 0 unspecified atom stereocenters. The highest BCUT2D eigenvalue weighted by Gasteiger charge is 2.23. The molecule has 190 valence electrons. The van der Waals surface area contributed by atoms with Crippen LogP contribution in [-0.4, -0.2) is 56.1 Å². The van der Waals surface area contributed by atoms with Crippen molar-refractivity contribution in [3.8, 4) is 11.1 Å². The van der Waals surface area contributed by atoms with Crippen molar-refractivity contribution in [1.29, 1.82) is 0 Å².